The molecule has 0 aliphatic carbocycles. The van der Waals surface area contributed by atoms with Crippen LogP contribution in [0, 0.1) is 0 Å². The smallest absolute Gasteiger partial charge is 0.244 e. The summed E-state index contributed by atoms with van der Waals surface area (Å²) in [6.07, 6.45) is 2.18. The first-order chi connectivity index (χ1) is 11.6. The third-order valence-electron chi connectivity index (χ3n) is 3.55. The molecular formula is C17H16ClNO3S2. The van der Waals surface area contributed by atoms with Gasteiger partial charge in [-0.05, 0) is 42.1 Å². The van der Waals surface area contributed by atoms with Gasteiger partial charge in [-0.15, -0.1) is 11.3 Å². The van der Waals surface area contributed by atoms with E-state index in [0.29, 0.717) is 18.7 Å². The highest BCUT2D eigenvalue weighted by molar-refractivity contribution is 7.89. The Morgan fingerprint density at radius 3 is 2.58 bits per heavy atom. The molecule has 0 fully saturated rings. The number of furan rings is 1. The molecule has 0 atom stereocenters. The topological polar surface area (TPSA) is 50.5 Å². The van der Waals surface area contributed by atoms with Crippen molar-refractivity contribution in [2.24, 2.45) is 0 Å². The van der Waals surface area contributed by atoms with E-state index in [1.807, 2.05) is 17.5 Å². The van der Waals surface area contributed by atoms with Crippen molar-refractivity contribution in [1.29, 1.82) is 0 Å². The van der Waals surface area contributed by atoms with Crippen LogP contribution in [0.5, 0.6) is 0 Å². The number of hydrogen-bond acceptors (Lipinski definition) is 4. The second-order valence-corrected chi connectivity index (χ2v) is 8.52. The molecule has 0 radical (unpaired) electrons. The normalized spacial score (nSPS) is 11.9. The molecule has 0 saturated carbocycles. The van der Waals surface area contributed by atoms with Crippen molar-refractivity contribution < 1.29 is 12.8 Å². The Kier molecular flexibility index (Phi) is 5.40. The molecule has 2 aromatic heterocycles. The Morgan fingerprint density at radius 2 is 1.92 bits per heavy atom. The SMILES string of the molecule is O=S(=O)(c1ccccc1Cl)N(CCc1cccs1)Cc1ccco1. The molecule has 2 heterocycles. The van der Waals surface area contributed by atoms with Crippen molar-refractivity contribution >= 4 is 33.0 Å². The first-order valence-corrected chi connectivity index (χ1v) is 10.1. The van der Waals surface area contributed by atoms with Gasteiger partial charge < -0.3 is 4.42 Å². The van der Waals surface area contributed by atoms with E-state index in [4.69, 9.17) is 16.0 Å². The molecule has 0 aliphatic rings. The standard InChI is InChI=1S/C17H16ClNO3S2/c18-16-7-1-2-8-17(16)24(20,21)19(13-14-5-3-11-22-14)10-9-15-6-4-12-23-15/h1-8,11-12H,9-10,13H2. The summed E-state index contributed by atoms with van der Waals surface area (Å²) in [6, 6.07) is 14.0. The lowest BCUT2D eigenvalue weighted by Crippen LogP contribution is -2.32. The predicted octanol–water partition coefficient (Wildman–Crippen LogP) is 4.43. The van der Waals surface area contributed by atoms with E-state index < -0.39 is 10.0 Å². The number of halogens is 1. The highest BCUT2D eigenvalue weighted by Crippen LogP contribution is 2.26. The number of nitrogens with zero attached hydrogens (tertiary/aromatic N) is 1. The zero-order valence-electron chi connectivity index (χ0n) is 12.8. The molecule has 0 aliphatic heterocycles. The molecular weight excluding hydrogens is 366 g/mol. The molecule has 0 bridgehead atoms. The Bertz CT molecular complexity index is 874. The molecule has 0 spiro atoms. The van der Waals surface area contributed by atoms with E-state index in [0.717, 1.165) is 4.88 Å². The van der Waals surface area contributed by atoms with Crippen LogP contribution in [0.15, 0.2) is 69.5 Å². The fourth-order valence-electron chi connectivity index (χ4n) is 2.34. The molecule has 24 heavy (non-hydrogen) atoms. The van der Waals surface area contributed by atoms with Gasteiger partial charge in [-0.1, -0.05) is 29.8 Å². The third kappa shape index (κ3) is 3.89. The quantitative estimate of drug-likeness (QED) is 0.608. The van der Waals surface area contributed by atoms with E-state index in [-0.39, 0.29) is 16.5 Å². The van der Waals surface area contributed by atoms with Crippen LogP contribution >= 0.6 is 22.9 Å². The second kappa shape index (κ2) is 7.53. The minimum Gasteiger partial charge on any atom is -0.468 e. The van der Waals surface area contributed by atoms with E-state index >= 15 is 0 Å². The van der Waals surface area contributed by atoms with Gasteiger partial charge in [-0.25, -0.2) is 8.42 Å². The predicted molar refractivity (Wildman–Crippen MR) is 95.8 cm³/mol. The van der Waals surface area contributed by atoms with Crippen molar-refractivity contribution in [3.8, 4) is 0 Å². The molecule has 7 heteroatoms. The van der Waals surface area contributed by atoms with Crippen molar-refractivity contribution in [1.82, 2.24) is 4.31 Å². The van der Waals surface area contributed by atoms with Crippen LogP contribution in [0.25, 0.3) is 0 Å². The first kappa shape index (κ1) is 17.2. The lowest BCUT2D eigenvalue weighted by molar-refractivity contribution is 0.366. The van der Waals surface area contributed by atoms with Gasteiger partial charge in [0.25, 0.3) is 0 Å². The summed E-state index contributed by atoms with van der Waals surface area (Å²) in [5.41, 5.74) is 0. The van der Waals surface area contributed by atoms with Gasteiger partial charge in [0.1, 0.15) is 10.7 Å². The summed E-state index contributed by atoms with van der Waals surface area (Å²) in [6.45, 7) is 0.528. The lowest BCUT2D eigenvalue weighted by Gasteiger charge is -2.21. The summed E-state index contributed by atoms with van der Waals surface area (Å²) in [5.74, 6) is 0.594. The minimum atomic E-state index is -3.72. The summed E-state index contributed by atoms with van der Waals surface area (Å²) in [7, 11) is -3.72. The van der Waals surface area contributed by atoms with Gasteiger partial charge in [0.15, 0.2) is 0 Å². The van der Waals surface area contributed by atoms with Crippen LogP contribution in [0.3, 0.4) is 0 Å². The maximum atomic E-state index is 13.0. The van der Waals surface area contributed by atoms with Crippen molar-refractivity contribution in [2.75, 3.05) is 6.54 Å². The molecule has 0 unspecified atom stereocenters. The van der Waals surface area contributed by atoms with Gasteiger partial charge in [0.05, 0.1) is 17.8 Å². The van der Waals surface area contributed by atoms with Gasteiger partial charge in [0, 0.05) is 11.4 Å². The Balaban J connectivity index is 1.89. The number of rotatable bonds is 7. The zero-order chi connectivity index (χ0) is 17.0. The summed E-state index contributed by atoms with van der Waals surface area (Å²) in [4.78, 5) is 1.25. The maximum absolute atomic E-state index is 13.0. The average Bonchev–Trinajstić information content (AvgIpc) is 3.25. The molecule has 4 nitrogen and oxygen atoms in total. The van der Waals surface area contributed by atoms with Crippen LogP contribution in [0.2, 0.25) is 5.02 Å². The molecule has 3 aromatic rings. The van der Waals surface area contributed by atoms with Crippen molar-refractivity contribution in [3.05, 3.63) is 75.8 Å². The van der Waals surface area contributed by atoms with Crippen molar-refractivity contribution in [2.45, 2.75) is 17.9 Å². The van der Waals surface area contributed by atoms with Crippen LogP contribution < -0.4 is 0 Å². The van der Waals surface area contributed by atoms with Crippen LogP contribution in [-0.2, 0) is 23.0 Å². The molecule has 0 saturated heterocycles. The average molecular weight is 382 g/mol. The molecule has 3 rings (SSSR count). The number of hydrogen-bond donors (Lipinski definition) is 0. The number of sulfonamides is 1. The fourth-order valence-corrected chi connectivity index (χ4v) is 4.94. The second-order valence-electron chi connectivity index (χ2n) is 5.18. The zero-order valence-corrected chi connectivity index (χ0v) is 15.2. The Hall–Kier alpha value is -1.60. The molecule has 1 aromatic carbocycles. The Morgan fingerprint density at radius 1 is 1.08 bits per heavy atom. The fraction of sp³-hybridized carbons (Fsp3) is 0.176. The van der Waals surface area contributed by atoms with Gasteiger partial charge in [-0.2, -0.15) is 4.31 Å². The van der Waals surface area contributed by atoms with Gasteiger partial charge >= 0.3 is 0 Å². The summed E-state index contributed by atoms with van der Waals surface area (Å²) in [5, 5.41) is 2.20. The van der Waals surface area contributed by atoms with Crippen molar-refractivity contribution in [3.63, 3.8) is 0 Å². The van der Waals surface area contributed by atoms with E-state index in [2.05, 4.69) is 0 Å². The molecule has 0 amide bonds. The van der Waals surface area contributed by atoms with Crippen LogP contribution in [-0.4, -0.2) is 19.3 Å². The monoisotopic (exact) mass is 381 g/mol. The summed E-state index contributed by atoms with van der Waals surface area (Å²) < 4.78 is 32.8. The number of thiophene rings is 1. The largest absolute Gasteiger partial charge is 0.468 e. The highest BCUT2D eigenvalue weighted by atomic mass is 35.5. The van der Waals surface area contributed by atoms with Crippen LogP contribution in [0.1, 0.15) is 10.6 Å². The van der Waals surface area contributed by atoms with Gasteiger partial charge in [-0.3, -0.25) is 0 Å². The first-order valence-electron chi connectivity index (χ1n) is 7.37. The van der Waals surface area contributed by atoms with Crippen LogP contribution in [0.4, 0.5) is 0 Å². The maximum Gasteiger partial charge on any atom is 0.244 e. The van der Waals surface area contributed by atoms with E-state index in [1.54, 1.807) is 41.7 Å². The minimum absolute atomic E-state index is 0.115. The van der Waals surface area contributed by atoms with E-state index in [1.165, 1.54) is 16.6 Å². The third-order valence-corrected chi connectivity index (χ3v) is 6.84. The van der Waals surface area contributed by atoms with Gasteiger partial charge in [0.2, 0.25) is 10.0 Å². The number of benzene rings is 1. The molecule has 0 N–H and O–H groups in total. The molecule has 126 valence electrons. The lowest BCUT2D eigenvalue weighted by atomic mass is 10.3. The summed E-state index contributed by atoms with van der Waals surface area (Å²) >= 11 is 7.72. The highest BCUT2D eigenvalue weighted by Gasteiger charge is 2.27. The Labute approximate surface area is 150 Å². The van der Waals surface area contributed by atoms with E-state index in [9.17, 15) is 8.42 Å².